The molecule has 30 heavy (non-hydrogen) atoms. The molecule has 156 valence electrons. The second kappa shape index (κ2) is 7.13. The molecule has 3 aromatic carbocycles. The highest BCUT2D eigenvalue weighted by Crippen LogP contribution is 2.48. The number of fused-ring (bicyclic) bond motifs is 7. The number of halogens is 1. The van der Waals surface area contributed by atoms with Crippen LogP contribution in [0.2, 0.25) is 0 Å². The summed E-state index contributed by atoms with van der Waals surface area (Å²) in [5.74, 6) is 1.28. The molecule has 2 heterocycles. The van der Waals surface area contributed by atoms with Crippen LogP contribution in [0.1, 0.15) is 37.1 Å². The number of esters is 1. The smallest absolute Gasteiger partial charge is 0.308 e. The first kappa shape index (κ1) is 19.1. The van der Waals surface area contributed by atoms with Gasteiger partial charge >= 0.3 is 5.97 Å². The monoisotopic (exact) mass is 409 g/mol. The second-order valence-corrected chi connectivity index (χ2v) is 8.03. The molecule has 6 heteroatoms. The number of ether oxygens (including phenoxy) is 3. The van der Waals surface area contributed by atoms with Gasteiger partial charge in [-0.1, -0.05) is 6.07 Å². The predicted molar refractivity (Wildman–Crippen MR) is 113 cm³/mol. The average Bonchev–Trinajstić information content (AvgIpc) is 3.21. The van der Waals surface area contributed by atoms with Gasteiger partial charge in [-0.05, 0) is 70.8 Å². The number of nitrogens with zero attached hydrogens (tertiary/aromatic N) is 1. The van der Waals surface area contributed by atoms with E-state index in [0.29, 0.717) is 23.8 Å². The van der Waals surface area contributed by atoms with Crippen molar-refractivity contribution in [3.63, 3.8) is 0 Å². The minimum Gasteiger partial charge on any atom is -0.493 e. The van der Waals surface area contributed by atoms with Gasteiger partial charge in [0.2, 0.25) is 0 Å². The van der Waals surface area contributed by atoms with Gasteiger partial charge in [-0.3, -0.25) is 9.69 Å². The van der Waals surface area contributed by atoms with E-state index in [2.05, 4.69) is 4.90 Å². The first-order valence-electron chi connectivity index (χ1n) is 10.2. The third-order valence-electron chi connectivity index (χ3n) is 6.40. The Morgan fingerprint density at radius 3 is 2.43 bits per heavy atom. The first-order chi connectivity index (χ1) is 14.5. The predicted octanol–water partition coefficient (Wildman–Crippen LogP) is 4.92. The van der Waals surface area contributed by atoms with Crippen LogP contribution in [0.15, 0.2) is 30.3 Å². The molecule has 1 saturated heterocycles. The number of methoxy groups -OCH3 is 2. The summed E-state index contributed by atoms with van der Waals surface area (Å²) in [5.41, 5.74) is 1.76. The molecule has 0 aromatic heterocycles. The van der Waals surface area contributed by atoms with Crippen molar-refractivity contribution in [2.24, 2.45) is 0 Å². The molecule has 1 unspecified atom stereocenters. The van der Waals surface area contributed by atoms with Gasteiger partial charge in [0.05, 0.1) is 14.2 Å². The lowest BCUT2D eigenvalue weighted by atomic mass is 9.84. The van der Waals surface area contributed by atoms with Crippen molar-refractivity contribution < 1.29 is 23.4 Å². The number of carbonyl (C=O) groups excluding carboxylic acids is 1. The fourth-order valence-electron chi connectivity index (χ4n) is 5.13. The van der Waals surface area contributed by atoms with Crippen molar-refractivity contribution in [2.75, 3.05) is 20.8 Å². The van der Waals surface area contributed by atoms with Crippen LogP contribution in [-0.2, 0) is 11.3 Å². The molecule has 0 aliphatic carbocycles. The topological polar surface area (TPSA) is 48.0 Å². The van der Waals surface area contributed by atoms with E-state index in [-0.39, 0.29) is 12.0 Å². The van der Waals surface area contributed by atoms with Crippen LogP contribution in [-0.4, -0.2) is 37.7 Å². The average molecular weight is 409 g/mol. The van der Waals surface area contributed by atoms with Crippen LogP contribution < -0.4 is 14.2 Å². The van der Waals surface area contributed by atoms with E-state index in [9.17, 15) is 4.79 Å². The number of alkyl halides is 1. The minimum atomic E-state index is -1.06. The number of hydrogen-bond acceptors (Lipinski definition) is 5. The molecule has 0 N–H and O–H groups in total. The lowest BCUT2D eigenvalue weighted by Gasteiger charge is -2.36. The fraction of sp³-hybridized carbons (Fsp3) is 0.375. The van der Waals surface area contributed by atoms with Crippen molar-refractivity contribution in [3.05, 3.63) is 41.5 Å². The van der Waals surface area contributed by atoms with Crippen molar-refractivity contribution >= 4 is 27.5 Å². The van der Waals surface area contributed by atoms with Crippen LogP contribution in [0.3, 0.4) is 0 Å². The summed E-state index contributed by atoms with van der Waals surface area (Å²) in [4.78, 5) is 13.7. The lowest BCUT2D eigenvalue weighted by molar-refractivity contribution is -0.131. The van der Waals surface area contributed by atoms with Crippen LogP contribution in [0, 0.1) is 0 Å². The van der Waals surface area contributed by atoms with Gasteiger partial charge in [-0.2, -0.15) is 0 Å². The van der Waals surface area contributed by atoms with Crippen molar-refractivity contribution in [3.8, 4) is 17.2 Å². The highest BCUT2D eigenvalue weighted by atomic mass is 19.1. The molecule has 2 aliphatic rings. The van der Waals surface area contributed by atoms with Gasteiger partial charge in [0.15, 0.2) is 11.5 Å². The highest BCUT2D eigenvalue weighted by molar-refractivity contribution is 6.12. The van der Waals surface area contributed by atoms with Gasteiger partial charge in [-0.15, -0.1) is 0 Å². The van der Waals surface area contributed by atoms with Crippen molar-refractivity contribution in [1.82, 2.24) is 4.90 Å². The Bertz CT molecular complexity index is 1180. The molecule has 0 amide bonds. The second-order valence-electron chi connectivity index (χ2n) is 8.03. The van der Waals surface area contributed by atoms with Gasteiger partial charge in [-0.25, -0.2) is 4.39 Å². The Morgan fingerprint density at radius 2 is 1.73 bits per heavy atom. The first-order valence-corrected chi connectivity index (χ1v) is 10.2. The van der Waals surface area contributed by atoms with E-state index in [1.807, 2.05) is 24.3 Å². The van der Waals surface area contributed by atoms with E-state index >= 15 is 4.39 Å². The minimum absolute atomic E-state index is 0.0774. The Hall–Kier alpha value is -2.86. The normalized spacial score (nSPS) is 20.8. The number of rotatable bonds is 3. The van der Waals surface area contributed by atoms with Gasteiger partial charge in [0.25, 0.3) is 0 Å². The molecule has 2 atom stereocenters. The van der Waals surface area contributed by atoms with Crippen LogP contribution >= 0.6 is 0 Å². The zero-order valence-electron chi connectivity index (χ0n) is 17.3. The third kappa shape index (κ3) is 2.82. The Kier molecular flexibility index (Phi) is 4.54. The lowest BCUT2D eigenvalue weighted by Crippen LogP contribution is -2.37. The summed E-state index contributed by atoms with van der Waals surface area (Å²) in [7, 11) is 3.20. The van der Waals surface area contributed by atoms with Crippen molar-refractivity contribution in [2.45, 2.75) is 38.5 Å². The molecule has 5 rings (SSSR count). The van der Waals surface area contributed by atoms with Gasteiger partial charge in [0, 0.05) is 25.1 Å². The maximum Gasteiger partial charge on any atom is 0.308 e. The molecule has 0 bridgehead atoms. The van der Waals surface area contributed by atoms with Crippen LogP contribution in [0.25, 0.3) is 21.5 Å². The summed E-state index contributed by atoms with van der Waals surface area (Å²) in [6, 6.07) is 9.22. The van der Waals surface area contributed by atoms with Crippen LogP contribution in [0.5, 0.6) is 17.2 Å². The van der Waals surface area contributed by atoms with E-state index in [1.165, 1.54) is 6.92 Å². The summed E-state index contributed by atoms with van der Waals surface area (Å²) in [5, 5.41) is 3.58. The highest BCUT2D eigenvalue weighted by Gasteiger charge is 2.40. The van der Waals surface area contributed by atoms with Gasteiger partial charge in [0.1, 0.15) is 11.9 Å². The van der Waals surface area contributed by atoms with E-state index in [4.69, 9.17) is 14.2 Å². The van der Waals surface area contributed by atoms with E-state index < -0.39 is 6.17 Å². The third-order valence-corrected chi connectivity index (χ3v) is 6.40. The quantitative estimate of drug-likeness (QED) is 0.349. The molecule has 0 radical (unpaired) electrons. The molecule has 3 aromatic rings. The summed E-state index contributed by atoms with van der Waals surface area (Å²) >= 11 is 0. The Labute approximate surface area is 174 Å². The Morgan fingerprint density at radius 1 is 1.03 bits per heavy atom. The maximum atomic E-state index is 15.8. The molecule has 2 aliphatic heterocycles. The largest absolute Gasteiger partial charge is 0.493 e. The zero-order chi connectivity index (χ0) is 21.0. The van der Waals surface area contributed by atoms with Crippen LogP contribution in [0.4, 0.5) is 4.39 Å². The van der Waals surface area contributed by atoms with Crippen molar-refractivity contribution in [1.29, 1.82) is 0 Å². The van der Waals surface area contributed by atoms with E-state index in [1.54, 1.807) is 20.3 Å². The number of carbonyl (C=O) groups is 1. The SMILES string of the molecule is COc1cc2c3c(c4ccc(OC(C)=O)cc4c2cc1OC)[C@H](F)C1CCCN1C3. The maximum absolute atomic E-state index is 15.8. The summed E-state index contributed by atoms with van der Waals surface area (Å²) < 4.78 is 32.2. The summed E-state index contributed by atoms with van der Waals surface area (Å²) in [6.45, 7) is 3.01. The summed E-state index contributed by atoms with van der Waals surface area (Å²) in [6.07, 6.45) is 0.830. The Balaban J connectivity index is 1.87. The molecular weight excluding hydrogens is 385 g/mol. The standard InChI is InChI=1S/C24H24FNO4/c1-13(27)30-14-6-7-15-16(9-14)17-10-21(28-2)22(29-3)11-18(17)19-12-26-8-4-5-20(26)24(25)23(15)19/h6-7,9-11,20,24H,4-5,8,12H2,1-3H3/t20?,24-/m1/s1. The van der Waals surface area contributed by atoms with Gasteiger partial charge < -0.3 is 14.2 Å². The molecule has 1 fully saturated rings. The molecule has 5 nitrogen and oxygen atoms in total. The van der Waals surface area contributed by atoms with E-state index in [0.717, 1.165) is 52.1 Å². The molecule has 0 spiro atoms. The molecule has 0 saturated carbocycles. The fourth-order valence-corrected chi connectivity index (χ4v) is 5.13. The molecular formula is C24H24FNO4. The number of hydrogen-bond donors (Lipinski definition) is 0. The number of benzene rings is 3. The zero-order valence-corrected chi connectivity index (χ0v) is 17.3.